The lowest BCUT2D eigenvalue weighted by molar-refractivity contribution is -0.138. The summed E-state index contributed by atoms with van der Waals surface area (Å²) < 4.78 is 15.0. The third-order valence-corrected chi connectivity index (χ3v) is 2.28. The van der Waals surface area contributed by atoms with Crippen LogP contribution in [0.4, 0.5) is 4.79 Å². The van der Waals surface area contributed by atoms with E-state index in [1.54, 1.807) is 6.92 Å². The number of amides is 1. The third-order valence-electron chi connectivity index (χ3n) is 2.28. The first kappa shape index (κ1) is 16.6. The SMILES string of the molecule is C=C(C)C(=O)OCCNC(=O)OCCOc1ccccc1. The van der Waals surface area contributed by atoms with Crippen LogP contribution in [-0.2, 0) is 14.3 Å². The maximum atomic E-state index is 11.3. The van der Waals surface area contributed by atoms with E-state index in [1.165, 1.54) is 0 Å². The van der Waals surface area contributed by atoms with E-state index in [1.807, 2.05) is 30.3 Å². The molecule has 0 spiro atoms. The molecule has 1 aromatic rings. The first-order chi connectivity index (χ1) is 10.1. The Kier molecular flexibility index (Phi) is 7.42. The van der Waals surface area contributed by atoms with Gasteiger partial charge >= 0.3 is 12.1 Å². The Morgan fingerprint density at radius 3 is 2.48 bits per heavy atom. The first-order valence-corrected chi connectivity index (χ1v) is 6.50. The molecule has 6 nitrogen and oxygen atoms in total. The van der Waals surface area contributed by atoms with Crippen LogP contribution < -0.4 is 10.1 Å². The van der Waals surface area contributed by atoms with Gasteiger partial charge in [-0.2, -0.15) is 0 Å². The van der Waals surface area contributed by atoms with Crippen LogP contribution >= 0.6 is 0 Å². The molecule has 0 aromatic heterocycles. The minimum absolute atomic E-state index is 0.0707. The molecule has 1 rings (SSSR count). The van der Waals surface area contributed by atoms with Gasteiger partial charge in [-0.3, -0.25) is 0 Å². The average molecular weight is 293 g/mol. The number of rotatable bonds is 8. The van der Waals surface area contributed by atoms with Crippen LogP contribution in [0.25, 0.3) is 0 Å². The van der Waals surface area contributed by atoms with Gasteiger partial charge in [0, 0.05) is 5.57 Å². The van der Waals surface area contributed by atoms with Crippen molar-refractivity contribution in [2.75, 3.05) is 26.4 Å². The normalized spacial score (nSPS) is 9.57. The third kappa shape index (κ3) is 7.61. The van der Waals surface area contributed by atoms with E-state index in [0.717, 1.165) is 0 Å². The van der Waals surface area contributed by atoms with Crippen LogP contribution in [0.2, 0.25) is 0 Å². The summed E-state index contributed by atoms with van der Waals surface area (Å²) in [6.07, 6.45) is -0.585. The van der Waals surface area contributed by atoms with Gasteiger partial charge < -0.3 is 19.5 Å². The van der Waals surface area contributed by atoms with Crippen molar-refractivity contribution in [3.63, 3.8) is 0 Å². The molecule has 0 bridgehead atoms. The summed E-state index contributed by atoms with van der Waals surface area (Å²) in [7, 11) is 0. The second kappa shape index (κ2) is 9.41. The highest BCUT2D eigenvalue weighted by molar-refractivity contribution is 5.86. The Morgan fingerprint density at radius 1 is 1.10 bits per heavy atom. The predicted octanol–water partition coefficient (Wildman–Crippen LogP) is 1.91. The van der Waals surface area contributed by atoms with Crippen LogP contribution in [0.5, 0.6) is 5.75 Å². The van der Waals surface area contributed by atoms with E-state index < -0.39 is 12.1 Å². The van der Waals surface area contributed by atoms with Gasteiger partial charge in [0.05, 0.1) is 6.54 Å². The maximum absolute atomic E-state index is 11.3. The molecule has 0 fully saturated rings. The number of nitrogens with one attached hydrogen (secondary N) is 1. The summed E-state index contributed by atoms with van der Waals surface area (Å²) in [5.41, 5.74) is 0.315. The number of carbonyl (C=O) groups is 2. The number of esters is 1. The number of benzene rings is 1. The monoisotopic (exact) mass is 293 g/mol. The van der Waals surface area contributed by atoms with Gasteiger partial charge in [-0.25, -0.2) is 9.59 Å². The Hall–Kier alpha value is -2.50. The number of ether oxygens (including phenoxy) is 3. The minimum atomic E-state index is -0.585. The van der Waals surface area contributed by atoms with E-state index in [4.69, 9.17) is 14.2 Å². The molecule has 1 aromatic carbocycles. The van der Waals surface area contributed by atoms with Gasteiger partial charge in [0.15, 0.2) is 0 Å². The molecule has 0 aliphatic heterocycles. The molecule has 1 N–H and O–H groups in total. The lowest BCUT2D eigenvalue weighted by Gasteiger charge is -2.08. The molecule has 0 saturated heterocycles. The Morgan fingerprint density at radius 2 is 1.81 bits per heavy atom. The van der Waals surface area contributed by atoms with Gasteiger partial charge in [-0.05, 0) is 19.1 Å². The van der Waals surface area contributed by atoms with Gasteiger partial charge in [0.2, 0.25) is 0 Å². The van der Waals surface area contributed by atoms with Crippen LogP contribution in [-0.4, -0.2) is 38.4 Å². The van der Waals surface area contributed by atoms with Crippen molar-refractivity contribution < 1.29 is 23.8 Å². The second-order valence-electron chi connectivity index (χ2n) is 4.14. The first-order valence-electron chi connectivity index (χ1n) is 6.50. The smallest absolute Gasteiger partial charge is 0.407 e. The molecule has 0 saturated carbocycles. The van der Waals surface area contributed by atoms with Gasteiger partial charge in [-0.1, -0.05) is 24.8 Å². The fourth-order valence-corrected chi connectivity index (χ4v) is 1.28. The highest BCUT2D eigenvalue weighted by atomic mass is 16.6. The van der Waals surface area contributed by atoms with Crippen LogP contribution in [0.15, 0.2) is 42.5 Å². The largest absolute Gasteiger partial charge is 0.490 e. The molecule has 0 heterocycles. The number of hydrogen-bond acceptors (Lipinski definition) is 5. The molecule has 0 unspecified atom stereocenters. The zero-order chi connectivity index (χ0) is 15.5. The molecule has 0 radical (unpaired) electrons. The Bertz CT molecular complexity index is 472. The highest BCUT2D eigenvalue weighted by Gasteiger charge is 2.04. The summed E-state index contributed by atoms with van der Waals surface area (Å²) in [6, 6.07) is 9.23. The van der Waals surface area contributed by atoms with Crippen molar-refractivity contribution in [2.24, 2.45) is 0 Å². The van der Waals surface area contributed by atoms with Crippen molar-refractivity contribution in [1.82, 2.24) is 5.32 Å². The van der Waals surface area contributed by atoms with Crippen LogP contribution in [0.3, 0.4) is 0 Å². The van der Waals surface area contributed by atoms with Crippen molar-refractivity contribution in [3.8, 4) is 5.75 Å². The van der Waals surface area contributed by atoms with E-state index in [2.05, 4.69) is 11.9 Å². The minimum Gasteiger partial charge on any atom is -0.490 e. The van der Waals surface area contributed by atoms with E-state index in [0.29, 0.717) is 11.3 Å². The summed E-state index contributed by atoms with van der Waals surface area (Å²) >= 11 is 0. The van der Waals surface area contributed by atoms with E-state index >= 15 is 0 Å². The van der Waals surface area contributed by atoms with Gasteiger partial charge in [0.25, 0.3) is 0 Å². The van der Waals surface area contributed by atoms with E-state index in [-0.39, 0.29) is 26.4 Å². The lowest BCUT2D eigenvalue weighted by Crippen LogP contribution is -2.29. The number of carbonyl (C=O) groups excluding carboxylic acids is 2. The molecule has 0 atom stereocenters. The van der Waals surface area contributed by atoms with Crippen molar-refractivity contribution >= 4 is 12.1 Å². The molecular weight excluding hydrogens is 274 g/mol. The summed E-state index contributed by atoms with van der Waals surface area (Å²) in [5.74, 6) is 0.231. The molecule has 0 aliphatic rings. The predicted molar refractivity (Wildman–Crippen MR) is 77.1 cm³/mol. The highest BCUT2D eigenvalue weighted by Crippen LogP contribution is 2.07. The number of hydrogen-bond donors (Lipinski definition) is 1. The standard InChI is InChI=1S/C15H19NO5/c1-12(2)14(17)20-9-8-16-15(18)21-11-10-19-13-6-4-3-5-7-13/h3-7H,1,8-11H2,2H3,(H,16,18). The zero-order valence-corrected chi connectivity index (χ0v) is 12.0. The molecular formula is C15H19NO5. The summed E-state index contributed by atoms with van der Waals surface area (Å²) in [6.45, 7) is 5.64. The lowest BCUT2D eigenvalue weighted by atomic mass is 10.3. The van der Waals surface area contributed by atoms with Crippen molar-refractivity contribution in [1.29, 1.82) is 0 Å². The van der Waals surface area contributed by atoms with Crippen LogP contribution in [0.1, 0.15) is 6.92 Å². The summed E-state index contributed by atoms with van der Waals surface area (Å²) in [4.78, 5) is 22.3. The molecule has 114 valence electrons. The van der Waals surface area contributed by atoms with Crippen LogP contribution in [0, 0.1) is 0 Å². The van der Waals surface area contributed by atoms with Gasteiger partial charge in [-0.15, -0.1) is 0 Å². The van der Waals surface area contributed by atoms with Crippen molar-refractivity contribution in [2.45, 2.75) is 6.92 Å². The molecule has 1 amide bonds. The molecule has 21 heavy (non-hydrogen) atoms. The number of para-hydroxylation sites is 1. The Balaban J connectivity index is 2.01. The van der Waals surface area contributed by atoms with Gasteiger partial charge in [0.1, 0.15) is 25.6 Å². The topological polar surface area (TPSA) is 73.9 Å². The fraction of sp³-hybridized carbons (Fsp3) is 0.333. The van der Waals surface area contributed by atoms with Crippen molar-refractivity contribution in [3.05, 3.63) is 42.5 Å². The molecule has 6 heteroatoms. The Labute approximate surface area is 123 Å². The molecule has 0 aliphatic carbocycles. The summed E-state index contributed by atoms with van der Waals surface area (Å²) in [5, 5.41) is 2.45. The fourth-order valence-electron chi connectivity index (χ4n) is 1.28. The second-order valence-corrected chi connectivity index (χ2v) is 4.14. The average Bonchev–Trinajstić information content (AvgIpc) is 2.49. The zero-order valence-electron chi connectivity index (χ0n) is 12.0. The number of alkyl carbamates (subject to hydrolysis) is 1. The van der Waals surface area contributed by atoms with E-state index in [9.17, 15) is 9.59 Å². The quantitative estimate of drug-likeness (QED) is 0.450. The maximum Gasteiger partial charge on any atom is 0.407 e.